The lowest BCUT2D eigenvalue weighted by Gasteiger charge is -2.17. The maximum atomic E-state index is 13.0. The second kappa shape index (κ2) is 4.01. The van der Waals surface area contributed by atoms with Gasteiger partial charge in [0.05, 0.1) is 0 Å². The number of hydrogen-bond donors (Lipinski definition) is 1. The van der Waals surface area contributed by atoms with E-state index >= 15 is 0 Å². The quantitative estimate of drug-likeness (QED) is 0.756. The number of aryl methyl sites for hydroxylation is 1. The first-order valence-corrected chi connectivity index (χ1v) is 4.88. The van der Waals surface area contributed by atoms with E-state index in [1.807, 2.05) is 20.8 Å². The fourth-order valence-corrected chi connectivity index (χ4v) is 1.13. The van der Waals surface area contributed by atoms with Crippen molar-refractivity contribution in [3.05, 3.63) is 29.6 Å². The Morgan fingerprint density at radius 2 is 1.87 bits per heavy atom. The number of hydrogen-bond acceptors (Lipinski definition) is 1. The largest absolute Gasteiger partial charge is 0.326 e. The molecule has 1 rings (SSSR count). The van der Waals surface area contributed by atoms with Crippen LogP contribution in [0.25, 0.3) is 0 Å². The van der Waals surface area contributed by atoms with Gasteiger partial charge >= 0.3 is 0 Å². The van der Waals surface area contributed by atoms with Crippen molar-refractivity contribution >= 4 is 11.6 Å². The van der Waals surface area contributed by atoms with E-state index in [9.17, 15) is 9.18 Å². The lowest BCUT2D eigenvalue weighted by molar-refractivity contribution is -0.123. The van der Waals surface area contributed by atoms with Gasteiger partial charge in [0.25, 0.3) is 0 Å². The maximum Gasteiger partial charge on any atom is 0.229 e. The third-order valence-electron chi connectivity index (χ3n) is 1.98. The number of carbonyl (C=O) groups is 1. The molecule has 1 amide bonds. The van der Waals surface area contributed by atoms with Gasteiger partial charge in [-0.25, -0.2) is 4.39 Å². The molecule has 0 aliphatic heterocycles. The summed E-state index contributed by atoms with van der Waals surface area (Å²) in [5.74, 6) is -0.452. The molecule has 0 heterocycles. The van der Waals surface area contributed by atoms with Crippen LogP contribution in [0.3, 0.4) is 0 Å². The molecule has 0 fully saturated rings. The van der Waals surface area contributed by atoms with Crippen molar-refractivity contribution in [1.29, 1.82) is 0 Å². The van der Waals surface area contributed by atoms with E-state index in [2.05, 4.69) is 5.32 Å². The fourth-order valence-electron chi connectivity index (χ4n) is 1.13. The summed E-state index contributed by atoms with van der Waals surface area (Å²) >= 11 is 0. The third-order valence-corrected chi connectivity index (χ3v) is 1.98. The van der Waals surface area contributed by atoms with Gasteiger partial charge in [0.2, 0.25) is 5.91 Å². The molecule has 1 N–H and O–H groups in total. The van der Waals surface area contributed by atoms with Crippen molar-refractivity contribution in [3.8, 4) is 0 Å². The SMILES string of the molecule is Cc1cc(F)cc(NC(=O)C(C)(C)C)c1. The van der Waals surface area contributed by atoms with Gasteiger partial charge in [-0.05, 0) is 30.7 Å². The number of benzene rings is 1. The molecule has 0 saturated heterocycles. The number of carbonyl (C=O) groups excluding carboxylic acids is 1. The molecule has 0 saturated carbocycles. The van der Waals surface area contributed by atoms with Crippen molar-refractivity contribution < 1.29 is 9.18 Å². The van der Waals surface area contributed by atoms with E-state index in [-0.39, 0.29) is 11.7 Å². The summed E-state index contributed by atoms with van der Waals surface area (Å²) in [4.78, 5) is 11.6. The van der Waals surface area contributed by atoms with E-state index < -0.39 is 5.41 Å². The molecule has 82 valence electrons. The minimum absolute atomic E-state index is 0.118. The molecule has 2 nitrogen and oxygen atoms in total. The molecular formula is C12H16FNO. The lowest BCUT2D eigenvalue weighted by Crippen LogP contribution is -2.27. The third kappa shape index (κ3) is 3.35. The monoisotopic (exact) mass is 209 g/mol. The smallest absolute Gasteiger partial charge is 0.229 e. The van der Waals surface area contributed by atoms with Crippen LogP contribution in [0.4, 0.5) is 10.1 Å². The molecule has 0 atom stereocenters. The second-order valence-corrected chi connectivity index (χ2v) is 4.72. The van der Waals surface area contributed by atoms with Crippen LogP contribution in [0.2, 0.25) is 0 Å². The summed E-state index contributed by atoms with van der Waals surface area (Å²) in [6, 6.07) is 4.48. The van der Waals surface area contributed by atoms with Crippen molar-refractivity contribution in [2.75, 3.05) is 5.32 Å². The van der Waals surface area contributed by atoms with Gasteiger partial charge in [-0.15, -0.1) is 0 Å². The molecule has 0 aliphatic rings. The summed E-state index contributed by atoms with van der Waals surface area (Å²) in [6.07, 6.45) is 0. The van der Waals surface area contributed by atoms with E-state index in [1.54, 1.807) is 13.0 Å². The van der Waals surface area contributed by atoms with Gasteiger partial charge in [-0.1, -0.05) is 20.8 Å². The molecule has 0 bridgehead atoms. The first-order valence-electron chi connectivity index (χ1n) is 4.88. The Morgan fingerprint density at radius 1 is 1.27 bits per heavy atom. The average molecular weight is 209 g/mol. The fraction of sp³-hybridized carbons (Fsp3) is 0.417. The van der Waals surface area contributed by atoms with Crippen LogP contribution in [0, 0.1) is 18.2 Å². The van der Waals surface area contributed by atoms with Gasteiger partial charge in [-0.3, -0.25) is 4.79 Å². The number of amides is 1. The first-order chi connectivity index (χ1) is 6.79. The number of halogens is 1. The van der Waals surface area contributed by atoms with Crippen LogP contribution in [0.1, 0.15) is 26.3 Å². The Kier molecular flexibility index (Phi) is 3.12. The Balaban J connectivity index is 2.86. The Morgan fingerprint density at radius 3 is 2.33 bits per heavy atom. The molecule has 0 aliphatic carbocycles. The van der Waals surface area contributed by atoms with Gasteiger partial charge in [0.1, 0.15) is 5.82 Å². The van der Waals surface area contributed by atoms with Gasteiger partial charge in [0.15, 0.2) is 0 Å². The van der Waals surface area contributed by atoms with Crippen molar-refractivity contribution in [2.24, 2.45) is 5.41 Å². The average Bonchev–Trinajstić information content (AvgIpc) is 1.99. The van der Waals surface area contributed by atoms with E-state index in [0.29, 0.717) is 5.69 Å². The van der Waals surface area contributed by atoms with Crippen LogP contribution in [0.15, 0.2) is 18.2 Å². The molecule has 0 unspecified atom stereocenters. The summed E-state index contributed by atoms with van der Waals surface area (Å²) in [5.41, 5.74) is 0.826. The zero-order valence-electron chi connectivity index (χ0n) is 9.52. The van der Waals surface area contributed by atoms with Gasteiger partial charge in [-0.2, -0.15) is 0 Å². The van der Waals surface area contributed by atoms with Crippen LogP contribution in [-0.4, -0.2) is 5.91 Å². The summed E-state index contributed by atoms with van der Waals surface area (Å²) in [7, 11) is 0. The van der Waals surface area contributed by atoms with Crippen molar-refractivity contribution in [2.45, 2.75) is 27.7 Å². The van der Waals surface area contributed by atoms with Crippen LogP contribution >= 0.6 is 0 Å². The van der Waals surface area contributed by atoms with E-state index in [1.165, 1.54) is 12.1 Å². The van der Waals surface area contributed by atoms with Crippen molar-refractivity contribution in [3.63, 3.8) is 0 Å². The van der Waals surface area contributed by atoms with Crippen LogP contribution in [-0.2, 0) is 4.79 Å². The number of nitrogens with one attached hydrogen (secondary N) is 1. The van der Waals surface area contributed by atoms with Gasteiger partial charge < -0.3 is 5.32 Å². The molecule has 0 radical (unpaired) electrons. The summed E-state index contributed by atoms with van der Waals surface area (Å²) in [5, 5.41) is 2.68. The highest BCUT2D eigenvalue weighted by Gasteiger charge is 2.21. The molecule has 1 aromatic rings. The van der Waals surface area contributed by atoms with Crippen LogP contribution < -0.4 is 5.32 Å². The molecule has 15 heavy (non-hydrogen) atoms. The molecule has 0 aromatic heterocycles. The second-order valence-electron chi connectivity index (χ2n) is 4.72. The number of rotatable bonds is 1. The number of anilines is 1. The molecule has 3 heteroatoms. The lowest BCUT2D eigenvalue weighted by atomic mass is 9.95. The van der Waals surface area contributed by atoms with Crippen molar-refractivity contribution in [1.82, 2.24) is 0 Å². The predicted octanol–water partition coefficient (Wildman–Crippen LogP) is 3.12. The highest BCUT2D eigenvalue weighted by molar-refractivity contribution is 5.94. The normalized spacial score (nSPS) is 11.3. The minimum Gasteiger partial charge on any atom is -0.326 e. The highest BCUT2D eigenvalue weighted by Crippen LogP contribution is 2.19. The summed E-state index contributed by atoms with van der Waals surface area (Å²) in [6.45, 7) is 7.23. The first kappa shape index (κ1) is 11.7. The Bertz CT molecular complexity index is 359. The van der Waals surface area contributed by atoms with E-state index in [4.69, 9.17) is 0 Å². The molecular weight excluding hydrogens is 193 g/mol. The molecule has 1 aromatic carbocycles. The standard InChI is InChI=1S/C12H16FNO/c1-8-5-9(13)7-10(6-8)14-11(15)12(2,3)4/h5-7H,1-4H3,(H,14,15). The van der Waals surface area contributed by atoms with Gasteiger partial charge in [0, 0.05) is 11.1 Å². The highest BCUT2D eigenvalue weighted by atomic mass is 19.1. The topological polar surface area (TPSA) is 29.1 Å². The predicted molar refractivity (Wildman–Crippen MR) is 59.2 cm³/mol. The van der Waals surface area contributed by atoms with E-state index in [0.717, 1.165) is 5.56 Å². The zero-order valence-corrected chi connectivity index (χ0v) is 9.52. The zero-order chi connectivity index (χ0) is 11.6. The maximum absolute atomic E-state index is 13.0. The summed E-state index contributed by atoms with van der Waals surface area (Å²) < 4.78 is 13.0. The Hall–Kier alpha value is -1.38. The minimum atomic E-state index is -0.472. The Labute approximate surface area is 89.5 Å². The van der Waals surface area contributed by atoms with Crippen LogP contribution in [0.5, 0.6) is 0 Å². The molecule has 0 spiro atoms.